The average molecular weight is 151 g/mol. The SMILES string of the molecule is CC(C)n1cnc2c1CNC2. The lowest BCUT2D eigenvalue weighted by molar-refractivity contribution is 0.566. The molecule has 3 heteroatoms. The van der Waals surface area contributed by atoms with Crippen molar-refractivity contribution in [2.24, 2.45) is 0 Å². The Bertz CT molecular complexity index is 262. The van der Waals surface area contributed by atoms with E-state index in [1.54, 1.807) is 0 Å². The van der Waals surface area contributed by atoms with Gasteiger partial charge in [-0.2, -0.15) is 0 Å². The van der Waals surface area contributed by atoms with E-state index in [4.69, 9.17) is 0 Å². The van der Waals surface area contributed by atoms with E-state index in [2.05, 4.69) is 28.7 Å². The molecule has 0 unspecified atom stereocenters. The predicted octanol–water partition coefficient (Wildman–Crippen LogP) is 1.07. The molecule has 0 saturated carbocycles. The minimum atomic E-state index is 0.533. The van der Waals surface area contributed by atoms with E-state index in [-0.39, 0.29) is 0 Å². The zero-order valence-electron chi connectivity index (χ0n) is 6.96. The van der Waals surface area contributed by atoms with Crippen molar-refractivity contribution in [2.75, 3.05) is 0 Å². The zero-order chi connectivity index (χ0) is 7.84. The van der Waals surface area contributed by atoms with Gasteiger partial charge in [-0.05, 0) is 13.8 Å². The molecule has 11 heavy (non-hydrogen) atoms. The van der Waals surface area contributed by atoms with Crippen LogP contribution in [0.1, 0.15) is 31.3 Å². The number of imidazole rings is 1. The zero-order valence-corrected chi connectivity index (χ0v) is 6.96. The summed E-state index contributed by atoms with van der Waals surface area (Å²) >= 11 is 0. The Labute approximate surface area is 66.4 Å². The van der Waals surface area contributed by atoms with Crippen LogP contribution >= 0.6 is 0 Å². The maximum atomic E-state index is 4.32. The van der Waals surface area contributed by atoms with Gasteiger partial charge in [0.25, 0.3) is 0 Å². The van der Waals surface area contributed by atoms with Crippen molar-refractivity contribution in [3.8, 4) is 0 Å². The molecule has 0 aliphatic carbocycles. The number of nitrogens with zero attached hydrogens (tertiary/aromatic N) is 2. The highest BCUT2D eigenvalue weighted by atomic mass is 15.1. The molecular weight excluding hydrogens is 138 g/mol. The molecule has 0 spiro atoms. The smallest absolute Gasteiger partial charge is 0.0955 e. The minimum absolute atomic E-state index is 0.533. The van der Waals surface area contributed by atoms with Crippen LogP contribution in [0.5, 0.6) is 0 Å². The van der Waals surface area contributed by atoms with E-state index in [9.17, 15) is 0 Å². The Morgan fingerprint density at radius 2 is 2.36 bits per heavy atom. The number of hydrogen-bond donors (Lipinski definition) is 1. The van der Waals surface area contributed by atoms with Crippen molar-refractivity contribution >= 4 is 0 Å². The van der Waals surface area contributed by atoms with Crippen LogP contribution in [0.15, 0.2) is 6.33 Å². The first-order valence-electron chi connectivity index (χ1n) is 4.04. The van der Waals surface area contributed by atoms with Gasteiger partial charge in [0.15, 0.2) is 0 Å². The molecule has 0 fully saturated rings. The lowest BCUT2D eigenvalue weighted by atomic mass is 10.3. The summed E-state index contributed by atoms with van der Waals surface area (Å²) < 4.78 is 2.23. The molecule has 0 aromatic carbocycles. The van der Waals surface area contributed by atoms with Crippen LogP contribution in [-0.4, -0.2) is 9.55 Å². The first kappa shape index (κ1) is 6.85. The topological polar surface area (TPSA) is 29.9 Å². The summed E-state index contributed by atoms with van der Waals surface area (Å²) in [5, 5.41) is 3.28. The van der Waals surface area contributed by atoms with Gasteiger partial charge in [0.1, 0.15) is 0 Å². The third-order valence-corrected chi connectivity index (χ3v) is 2.12. The molecule has 0 saturated heterocycles. The van der Waals surface area contributed by atoms with E-state index >= 15 is 0 Å². The second-order valence-corrected chi connectivity index (χ2v) is 3.24. The molecule has 60 valence electrons. The van der Waals surface area contributed by atoms with Crippen molar-refractivity contribution in [1.82, 2.24) is 14.9 Å². The molecule has 1 aliphatic rings. The molecular formula is C8H13N3. The van der Waals surface area contributed by atoms with E-state index in [1.807, 2.05) is 6.33 Å². The van der Waals surface area contributed by atoms with Gasteiger partial charge in [-0.15, -0.1) is 0 Å². The van der Waals surface area contributed by atoms with E-state index in [1.165, 1.54) is 11.4 Å². The van der Waals surface area contributed by atoms with Gasteiger partial charge in [0, 0.05) is 19.1 Å². The van der Waals surface area contributed by atoms with Crippen molar-refractivity contribution < 1.29 is 0 Å². The predicted molar refractivity (Wildman–Crippen MR) is 43.2 cm³/mol. The first-order chi connectivity index (χ1) is 5.29. The van der Waals surface area contributed by atoms with E-state index in [0.717, 1.165) is 13.1 Å². The van der Waals surface area contributed by atoms with Crippen LogP contribution in [0.4, 0.5) is 0 Å². The van der Waals surface area contributed by atoms with Gasteiger partial charge in [0.2, 0.25) is 0 Å². The van der Waals surface area contributed by atoms with Gasteiger partial charge in [-0.1, -0.05) is 0 Å². The Balaban J connectivity index is 2.42. The highest BCUT2D eigenvalue weighted by Gasteiger charge is 2.16. The molecule has 2 heterocycles. The molecule has 0 radical (unpaired) electrons. The number of nitrogens with one attached hydrogen (secondary N) is 1. The molecule has 0 atom stereocenters. The fraction of sp³-hybridized carbons (Fsp3) is 0.625. The molecule has 1 aromatic heterocycles. The average Bonchev–Trinajstić information content (AvgIpc) is 2.41. The highest BCUT2D eigenvalue weighted by Crippen LogP contribution is 2.17. The largest absolute Gasteiger partial charge is 0.331 e. The van der Waals surface area contributed by atoms with Gasteiger partial charge in [-0.3, -0.25) is 0 Å². The fourth-order valence-corrected chi connectivity index (χ4v) is 1.51. The van der Waals surface area contributed by atoms with Gasteiger partial charge in [-0.25, -0.2) is 4.98 Å². The fourth-order valence-electron chi connectivity index (χ4n) is 1.51. The third kappa shape index (κ3) is 0.959. The monoisotopic (exact) mass is 151 g/mol. The Morgan fingerprint density at radius 3 is 3.09 bits per heavy atom. The summed E-state index contributed by atoms with van der Waals surface area (Å²) in [6, 6.07) is 0.533. The first-order valence-corrected chi connectivity index (χ1v) is 4.04. The highest BCUT2D eigenvalue weighted by molar-refractivity contribution is 5.17. The van der Waals surface area contributed by atoms with E-state index in [0.29, 0.717) is 6.04 Å². The number of fused-ring (bicyclic) bond motifs is 1. The van der Waals surface area contributed by atoms with Crippen molar-refractivity contribution in [3.63, 3.8) is 0 Å². The van der Waals surface area contributed by atoms with Crippen LogP contribution < -0.4 is 5.32 Å². The maximum absolute atomic E-state index is 4.32. The molecule has 0 bridgehead atoms. The summed E-state index contributed by atoms with van der Waals surface area (Å²) in [7, 11) is 0. The summed E-state index contributed by atoms with van der Waals surface area (Å²) in [5.41, 5.74) is 2.58. The number of aromatic nitrogens is 2. The summed E-state index contributed by atoms with van der Waals surface area (Å²) in [5.74, 6) is 0. The molecule has 1 aliphatic heterocycles. The van der Waals surface area contributed by atoms with Gasteiger partial charge < -0.3 is 9.88 Å². The minimum Gasteiger partial charge on any atom is -0.331 e. The standard InChI is InChI=1S/C8H13N3/c1-6(2)11-5-10-7-3-9-4-8(7)11/h5-6,9H,3-4H2,1-2H3. The van der Waals surface area contributed by atoms with Crippen molar-refractivity contribution in [3.05, 3.63) is 17.7 Å². The van der Waals surface area contributed by atoms with Gasteiger partial charge >= 0.3 is 0 Å². The molecule has 1 aromatic rings. The van der Waals surface area contributed by atoms with Crippen molar-refractivity contribution in [2.45, 2.75) is 33.0 Å². The molecule has 0 amide bonds. The maximum Gasteiger partial charge on any atom is 0.0955 e. The lowest BCUT2D eigenvalue weighted by Crippen LogP contribution is -2.08. The quantitative estimate of drug-likeness (QED) is 0.650. The van der Waals surface area contributed by atoms with Crippen LogP contribution in [0.2, 0.25) is 0 Å². The summed E-state index contributed by atoms with van der Waals surface area (Å²) in [6.07, 6.45) is 1.94. The Hall–Kier alpha value is -0.830. The normalized spacial score (nSPS) is 15.9. The number of hydrogen-bond acceptors (Lipinski definition) is 2. The molecule has 2 rings (SSSR count). The number of rotatable bonds is 1. The summed E-state index contributed by atoms with van der Waals surface area (Å²) in [6.45, 7) is 6.28. The third-order valence-electron chi connectivity index (χ3n) is 2.12. The van der Waals surface area contributed by atoms with Crippen LogP contribution in [0.25, 0.3) is 0 Å². The Morgan fingerprint density at radius 1 is 1.55 bits per heavy atom. The van der Waals surface area contributed by atoms with Crippen LogP contribution in [0.3, 0.4) is 0 Å². The van der Waals surface area contributed by atoms with Crippen LogP contribution in [-0.2, 0) is 13.1 Å². The van der Waals surface area contributed by atoms with Crippen LogP contribution in [0, 0.1) is 0 Å². The second-order valence-electron chi connectivity index (χ2n) is 3.24. The van der Waals surface area contributed by atoms with Crippen molar-refractivity contribution in [1.29, 1.82) is 0 Å². The lowest BCUT2D eigenvalue weighted by Gasteiger charge is -2.08. The van der Waals surface area contributed by atoms with Gasteiger partial charge in [0.05, 0.1) is 17.7 Å². The van der Waals surface area contributed by atoms with E-state index < -0.39 is 0 Å². The molecule has 1 N–H and O–H groups in total. The second kappa shape index (κ2) is 2.34. The molecule has 3 nitrogen and oxygen atoms in total. The summed E-state index contributed by atoms with van der Waals surface area (Å²) in [4.78, 5) is 4.32. The Kier molecular flexibility index (Phi) is 1.46.